The maximum absolute atomic E-state index is 10.8. The van der Waals surface area contributed by atoms with Gasteiger partial charge in [-0.1, -0.05) is 43.7 Å². The van der Waals surface area contributed by atoms with Crippen molar-refractivity contribution in [2.45, 2.75) is 26.2 Å². The lowest BCUT2D eigenvalue weighted by atomic mass is 10.1. The number of rotatable bonds is 5. The van der Waals surface area contributed by atoms with Gasteiger partial charge in [0, 0.05) is 11.6 Å². The molecule has 0 fully saturated rings. The van der Waals surface area contributed by atoms with E-state index in [1.807, 2.05) is 13.0 Å². The molecule has 7 heteroatoms. The van der Waals surface area contributed by atoms with Crippen LogP contribution in [-0.2, 0) is 6.42 Å². The van der Waals surface area contributed by atoms with E-state index >= 15 is 0 Å². The Labute approximate surface area is 133 Å². The molecule has 0 saturated carbocycles. The molecule has 0 saturated heterocycles. The summed E-state index contributed by atoms with van der Waals surface area (Å²) in [5.41, 5.74) is -0.374. The third kappa shape index (κ3) is 5.74. The number of hydrogen-bond donors (Lipinski definition) is 1. The monoisotopic (exact) mass is 318 g/mol. The first-order chi connectivity index (χ1) is 11.0. The molecule has 1 N–H and O–H groups in total. The molecule has 0 spiro atoms. The number of phenols is 1. The zero-order valence-electron chi connectivity index (χ0n) is 12.7. The predicted molar refractivity (Wildman–Crippen MR) is 86.5 cm³/mol. The van der Waals surface area contributed by atoms with Gasteiger partial charge in [-0.2, -0.15) is 0 Å². The number of nitro groups is 2. The number of para-hydroxylation sites is 2. The normalized spacial score (nSPS) is 9.61. The van der Waals surface area contributed by atoms with Crippen molar-refractivity contribution in [1.82, 2.24) is 0 Å². The first-order valence-corrected chi connectivity index (χ1v) is 7.12. The van der Waals surface area contributed by atoms with Crippen LogP contribution in [-0.4, -0.2) is 15.0 Å². The van der Waals surface area contributed by atoms with Crippen molar-refractivity contribution < 1.29 is 15.0 Å². The van der Waals surface area contributed by atoms with Crippen molar-refractivity contribution in [2.24, 2.45) is 0 Å². The fourth-order valence-corrected chi connectivity index (χ4v) is 1.93. The van der Waals surface area contributed by atoms with Gasteiger partial charge in [0.05, 0.1) is 9.85 Å². The smallest absolute Gasteiger partial charge is 0.349 e. The van der Waals surface area contributed by atoms with Crippen LogP contribution in [0, 0.1) is 20.2 Å². The van der Waals surface area contributed by atoms with Gasteiger partial charge in [-0.05, 0) is 25.0 Å². The van der Waals surface area contributed by atoms with Crippen molar-refractivity contribution in [3.63, 3.8) is 0 Å². The molecule has 0 aromatic heterocycles. The molecular weight excluding hydrogens is 300 g/mol. The van der Waals surface area contributed by atoms with Crippen LogP contribution in [0.5, 0.6) is 5.75 Å². The molecular formula is C16H18N2O5. The van der Waals surface area contributed by atoms with E-state index in [0.29, 0.717) is 17.7 Å². The first kappa shape index (κ1) is 18.1. The molecule has 2 rings (SSSR count). The molecule has 0 aliphatic heterocycles. The lowest BCUT2D eigenvalue weighted by Crippen LogP contribution is -2.00. The van der Waals surface area contributed by atoms with E-state index in [1.54, 1.807) is 30.3 Å². The van der Waals surface area contributed by atoms with Gasteiger partial charge < -0.3 is 5.11 Å². The molecule has 0 bridgehead atoms. The van der Waals surface area contributed by atoms with Crippen molar-refractivity contribution in [2.75, 3.05) is 0 Å². The van der Waals surface area contributed by atoms with Gasteiger partial charge in [0.15, 0.2) is 0 Å². The molecule has 0 atom stereocenters. The highest BCUT2D eigenvalue weighted by Crippen LogP contribution is 2.31. The summed E-state index contributed by atoms with van der Waals surface area (Å²) in [5, 5.41) is 30.1. The minimum atomic E-state index is -0.715. The summed E-state index contributed by atoms with van der Waals surface area (Å²) in [7, 11) is 0. The number of hydrogen-bond acceptors (Lipinski definition) is 5. The zero-order valence-corrected chi connectivity index (χ0v) is 12.7. The molecule has 0 unspecified atom stereocenters. The van der Waals surface area contributed by atoms with Crippen molar-refractivity contribution in [3.05, 3.63) is 74.3 Å². The van der Waals surface area contributed by atoms with Gasteiger partial charge in [0.2, 0.25) is 0 Å². The van der Waals surface area contributed by atoms with Crippen LogP contribution in [0.15, 0.2) is 48.5 Å². The predicted octanol–water partition coefficient (Wildman–Crippen LogP) is 4.24. The Hall–Kier alpha value is -2.96. The standard InChI is InChI=1S/C10H12N2O4.C6H6O/c1-2-3-5-8-6-4-7-9(11(13)14)10(8)12(15)16;7-6-4-2-1-3-5-6/h4,6-7H,2-3,5H2,1H3;1-5,7H. The second-order valence-corrected chi connectivity index (χ2v) is 4.74. The highest BCUT2D eigenvalue weighted by atomic mass is 16.6. The first-order valence-electron chi connectivity index (χ1n) is 7.12. The van der Waals surface area contributed by atoms with Gasteiger partial charge in [0.25, 0.3) is 0 Å². The molecule has 0 aliphatic carbocycles. The summed E-state index contributed by atoms with van der Waals surface area (Å²) in [4.78, 5) is 20.1. The topological polar surface area (TPSA) is 107 Å². The minimum absolute atomic E-state index is 0.322. The van der Waals surface area contributed by atoms with Crippen LogP contribution in [0.4, 0.5) is 11.4 Å². The molecule has 2 aromatic rings. The van der Waals surface area contributed by atoms with E-state index in [0.717, 1.165) is 18.9 Å². The number of benzene rings is 2. The average Bonchev–Trinajstić information content (AvgIpc) is 2.53. The van der Waals surface area contributed by atoms with Crippen LogP contribution in [0.2, 0.25) is 0 Å². The summed E-state index contributed by atoms with van der Waals surface area (Å²) in [6.45, 7) is 1.96. The fourth-order valence-electron chi connectivity index (χ4n) is 1.93. The number of nitrogens with zero attached hydrogens (tertiary/aromatic N) is 2. The summed E-state index contributed by atoms with van der Waals surface area (Å²) >= 11 is 0. The van der Waals surface area contributed by atoms with Crippen molar-refractivity contribution in [3.8, 4) is 5.75 Å². The Balaban J connectivity index is 0.000000313. The lowest BCUT2D eigenvalue weighted by Gasteiger charge is -2.02. The Kier molecular flexibility index (Phi) is 7.19. The quantitative estimate of drug-likeness (QED) is 0.655. The highest BCUT2D eigenvalue weighted by molar-refractivity contribution is 5.57. The van der Waals surface area contributed by atoms with E-state index in [9.17, 15) is 20.2 Å². The SMILES string of the molecule is CCCCc1cccc([N+](=O)[O-])c1[N+](=O)[O-].Oc1ccccc1. The van der Waals surface area contributed by atoms with Crippen LogP contribution in [0.25, 0.3) is 0 Å². The largest absolute Gasteiger partial charge is 0.508 e. The summed E-state index contributed by atoms with van der Waals surface area (Å²) in [5.74, 6) is 0.322. The Morgan fingerprint density at radius 2 is 1.61 bits per heavy atom. The molecule has 23 heavy (non-hydrogen) atoms. The minimum Gasteiger partial charge on any atom is -0.508 e. The second kappa shape index (κ2) is 9.14. The Morgan fingerprint density at radius 1 is 0.957 bits per heavy atom. The average molecular weight is 318 g/mol. The van der Waals surface area contributed by atoms with E-state index in [2.05, 4.69) is 0 Å². The van der Waals surface area contributed by atoms with Crippen LogP contribution in [0.3, 0.4) is 0 Å². The number of aromatic hydroxyl groups is 1. The van der Waals surface area contributed by atoms with Gasteiger partial charge in [0.1, 0.15) is 5.75 Å². The van der Waals surface area contributed by atoms with Crippen LogP contribution < -0.4 is 0 Å². The zero-order chi connectivity index (χ0) is 17.2. The number of aryl methyl sites for hydroxylation is 1. The molecule has 7 nitrogen and oxygen atoms in total. The maximum Gasteiger partial charge on any atom is 0.349 e. The van der Waals surface area contributed by atoms with Crippen LogP contribution in [0.1, 0.15) is 25.3 Å². The highest BCUT2D eigenvalue weighted by Gasteiger charge is 2.27. The Bertz CT molecular complexity index is 659. The van der Waals surface area contributed by atoms with E-state index in [1.165, 1.54) is 6.07 Å². The van der Waals surface area contributed by atoms with Crippen LogP contribution >= 0.6 is 0 Å². The van der Waals surface area contributed by atoms with E-state index in [4.69, 9.17) is 5.11 Å². The molecule has 2 aromatic carbocycles. The molecule has 0 amide bonds. The van der Waals surface area contributed by atoms with Gasteiger partial charge in [-0.3, -0.25) is 20.2 Å². The maximum atomic E-state index is 10.8. The Morgan fingerprint density at radius 3 is 2.04 bits per heavy atom. The number of unbranched alkanes of at least 4 members (excludes halogenated alkanes) is 1. The van der Waals surface area contributed by atoms with Gasteiger partial charge in [-0.25, -0.2) is 0 Å². The van der Waals surface area contributed by atoms with E-state index < -0.39 is 15.5 Å². The van der Waals surface area contributed by atoms with Crippen molar-refractivity contribution in [1.29, 1.82) is 0 Å². The van der Waals surface area contributed by atoms with Gasteiger partial charge >= 0.3 is 11.4 Å². The molecule has 0 radical (unpaired) electrons. The molecule has 122 valence electrons. The molecule has 0 aliphatic rings. The fraction of sp³-hybridized carbons (Fsp3) is 0.250. The second-order valence-electron chi connectivity index (χ2n) is 4.74. The third-order valence-electron chi connectivity index (χ3n) is 3.03. The summed E-state index contributed by atoms with van der Waals surface area (Å²) in [6, 6.07) is 12.9. The van der Waals surface area contributed by atoms with Gasteiger partial charge in [-0.15, -0.1) is 0 Å². The molecule has 0 heterocycles. The summed E-state index contributed by atoms with van der Waals surface area (Å²) in [6.07, 6.45) is 2.16. The number of nitro benzene ring substituents is 2. The summed E-state index contributed by atoms with van der Waals surface area (Å²) < 4.78 is 0. The number of phenolic OH excluding ortho intramolecular Hbond substituents is 1. The third-order valence-corrected chi connectivity index (χ3v) is 3.03. The van der Waals surface area contributed by atoms with Crippen molar-refractivity contribution >= 4 is 11.4 Å². The van der Waals surface area contributed by atoms with E-state index in [-0.39, 0.29) is 5.69 Å². The lowest BCUT2D eigenvalue weighted by molar-refractivity contribution is -0.423.